The zero-order valence-electron chi connectivity index (χ0n) is 17.0. The summed E-state index contributed by atoms with van der Waals surface area (Å²) in [5, 5.41) is 3.44. The van der Waals surface area contributed by atoms with Crippen molar-refractivity contribution in [2.75, 3.05) is 36.5 Å². The van der Waals surface area contributed by atoms with Crippen molar-refractivity contribution in [2.24, 2.45) is 5.73 Å². The summed E-state index contributed by atoms with van der Waals surface area (Å²) in [4.78, 5) is 20.2. The first kappa shape index (κ1) is 19.1. The van der Waals surface area contributed by atoms with Gasteiger partial charge in [0.15, 0.2) is 0 Å². The lowest BCUT2D eigenvalue weighted by Crippen LogP contribution is -2.44. The van der Waals surface area contributed by atoms with Gasteiger partial charge in [-0.05, 0) is 43.9 Å². The van der Waals surface area contributed by atoms with Crippen molar-refractivity contribution in [2.45, 2.75) is 37.3 Å². The topological polar surface area (TPSA) is 102 Å². The summed E-state index contributed by atoms with van der Waals surface area (Å²) < 4.78 is 5.52. The molecule has 3 aromatic rings. The number of nitrogens with two attached hydrogens (primary N) is 1. The molecular formula is C22H27N7O. The van der Waals surface area contributed by atoms with E-state index in [1.807, 2.05) is 6.07 Å². The first-order valence-corrected chi connectivity index (χ1v) is 10.6. The second-order valence-electron chi connectivity index (χ2n) is 8.16. The lowest BCUT2D eigenvalue weighted by atomic mass is 9.75. The molecule has 1 aromatic carbocycles. The third-order valence-electron chi connectivity index (χ3n) is 6.25. The van der Waals surface area contributed by atoms with Gasteiger partial charge in [0, 0.05) is 60.7 Å². The first-order valence-electron chi connectivity index (χ1n) is 10.6. The van der Waals surface area contributed by atoms with Crippen LogP contribution in [0.1, 0.15) is 31.2 Å². The van der Waals surface area contributed by atoms with Gasteiger partial charge in [-0.2, -0.15) is 0 Å². The van der Waals surface area contributed by atoms with Crippen molar-refractivity contribution in [3.63, 3.8) is 0 Å². The smallest absolute Gasteiger partial charge is 0.222 e. The van der Waals surface area contributed by atoms with Crippen molar-refractivity contribution in [3.8, 4) is 0 Å². The number of nitrogens with one attached hydrogen (secondary N) is 1. The van der Waals surface area contributed by atoms with E-state index in [1.165, 1.54) is 0 Å². The number of hydrogen-bond donors (Lipinski definition) is 2. The lowest BCUT2D eigenvalue weighted by Gasteiger charge is -2.39. The summed E-state index contributed by atoms with van der Waals surface area (Å²) >= 11 is 0. The van der Waals surface area contributed by atoms with Crippen molar-refractivity contribution < 1.29 is 4.74 Å². The van der Waals surface area contributed by atoms with Crippen LogP contribution in [0.5, 0.6) is 0 Å². The molecule has 30 heavy (non-hydrogen) atoms. The molecule has 3 N–H and O–H groups in total. The van der Waals surface area contributed by atoms with Crippen LogP contribution in [0.4, 0.5) is 11.6 Å². The predicted octanol–water partition coefficient (Wildman–Crippen LogP) is 2.47. The summed E-state index contributed by atoms with van der Waals surface area (Å²) in [6.45, 7) is 3.25. The molecular weight excluding hydrogens is 378 g/mol. The highest BCUT2D eigenvalue weighted by Gasteiger charge is 2.36. The zero-order chi connectivity index (χ0) is 20.4. The van der Waals surface area contributed by atoms with E-state index in [-0.39, 0.29) is 0 Å². The lowest BCUT2D eigenvalue weighted by molar-refractivity contribution is 0.122. The van der Waals surface area contributed by atoms with Gasteiger partial charge in [0.25, 0.3) is 0 Å². The Morgan fingerprint density at radius 1 is 0.967 bits per heavy atom. The summed E-state index contributed by atoms with van der Waals surface area (Å²) in [6, 6.07) is 6.50. The molecule has 0 radical (unpaired) electrons. The largest absolute Gasteiger partial charge is 0.378 e. The summed E-state index contributed by atoms with van der Waals surface area (Å²) in [5.41, 5.74) is 10.7. The van der Waals surface area contributed by atoms with Gasteiger partial charge < -0.3 is 20.7 Å². The standard InChI is InChI=1S/C22H27N7O/c23-22(4-2-16(3-5-22)28-21-26-6-1-7-27-21)18-14-17(29-10-12-30-13-11-29)15-19-20(18)25-9-8-24-19/h1,6-9,14-16H,2-5,10-13,23H2,(H,26,27,28). The van der Waals surface area contributed by atoms with Crippen LogP contribution in [0.3, 0.4) is 0 Å². The molecule has 1 aliphatic carbocycles. The first-order chi connectivity index (χ1) is 14.7. The maximum atomic E-state index is 7.03. The highest BCUT2D eigenvalue weighted by molar-refractivity contribution is 5.83. The van der Waals surface area contributed by atoms with E-state index >= 15 is 0 Å². The summed E-state index contributed by atoms with van der Waals surface area (Å²) in [6.07, 6.45) is 10.7. The molecule has 0 spiro atoms. The molecule has 0 unspecified atom stereocenters. The molecule has 0 atom stereocenters. The summed E-state index contributed by atoms with van der Waals surface area (Å²) in [7, 11) is 0. The quantitative estimate of drug-likeness (QED) is 0.682. The molecule has 8 nitrogen and oxygen atoms in total. The average Bonchev–Trinajstić information content (AvgIpc) is 2.81. The van der Waals surface area contributed by atoms with Gasteiger partial charge in [0.2, 0.25) is 5.95 Å². The molecule has 3 heterocycles. The Balaban J connectivity index is 1.42. The molecule has 1 saturated carbocycles. The highest BCUT2D eigenvalue weighted by atomic mass is 16.5. The number of ether oxygens (including phenoxy) is 1. The molecule has 2 aromatic heterocycles. The molecule has 5 rings (SSSR count). The van der Waals surface area contributed by atoms with Gasteiger partial charge in [-0.15, -0.1) is 0 Å². The van der Waals surface area contributed by atoms with E-state index < -0.39 is 5.54 Å². The van der Waals surface area contributed by atoms with Crippen LogP contribution in [0.25, 0.3) is 11.0 Å². The SMILES string of the molecule is NC1(c2cc(N3CCOCC3)cc3nccnc23)CCC(Nc2ncccn2)CC1. The van der Waals surface area contributed by atoms with Crippen LogP contribution in [-0.2, 0) is 10.3 Å². The number of anilines is 2. The van der Waals surface area contributed by atoms with E-state index in [0.29, 0.717) is 12.0 Å². The normalized spacial score (nSPS) is 24.7. The van der Waals surface area contributed by atoms with Gasteiger partial charge in [-0.1, -0.05) is 0 Å². The number of benzene rings is 1. The van der Waals surface area contributed by atoms with Crippen LogP contribution in [0, 0.1) is 0 Å². The van der Waals surface area contributed by atoms with Gasteiger partial charge in [0.1, 0.15) is 0 Å². The fourth-order valence-corrected chi connectivity index (χ4v) is 4.55. The predicted molar refractivity (Wildman–Crippen MR) is 116 cm³/mol. The Labute approximate surface area is 175 Å². The number of fused-ring (bicyclic) bond motifs is 1. The van der Waals surface area contributed by atoms with Crippen LogP contribution in [0.2, 0.25) is 0 Å². The third kappa shape index (κ3) is 3.80. The average molecular weight is 406 g/mol. The number of hydrogen-bond acceptors (Lipinski definition) is 8. The number of aromatic nitrogens is 4. The maximum Gasteiger partial charge on any atom is 0.222 e. The van der Waals surface area contributed by atoms with E-state index in [1.54, 1.807) is 24.8 Å². The Hall–Kier alpha value is -2.84. The Morgan fingerprint density at radius 2 is 1.70 bits per heavy atom. The zero-order valence-corrected chi connectivity index (χ0v) is 17.0. The Kier molecular flexibility index (Phi) is 5.18. The van der Waals surface area contributed by atoms with Crippen molar-refractivity contribution in [3.05, 3.63) is 48.5 Å². The van der Waals surface area contributed by atoms with Crippen LogP contribution in [-0.4, -0.2) is 52.3 Å². The monoisotopic (exact) mass is 405 g/mol. The fraction of sp³-hybridized carbons (Fsp3) is 0.455. The van der Waals surface area contributed by atoms with E-state index in [9.17, 15) is 0 Å². The molecule has 1 saturated heterocycles. The van der Waals surface area contributed by atoms with Gasteiger partial charge >= 0.3 is 0 Å². The van der Waals surface area contributed by atoms with Gasteiger partial charge in [-0.25, -0.2) is 9.97 Å². The molecule has 8 heteroatoms. The van der Waals surface area contributed by atoms with Crippen LogP contribution < -0.4 is 16.0 Å². The Morgan fingerprint density at radius 3 is 2.47 bits per heavy atom. The summed E-state index contributed by atoms with van der Waals surface area (Å²) in [5.74, 6) is 0.678. The number of morpholine rings is 1. The van der Waals surface area contributed by atoms with Crippen molar-refractivity contribution >= 4 is 22.7 Å². The highest BCUT2D eigenvalue weighted by Crippen LogP contribution is 2.40. The minimum absolute atomic E-state index is 0.323. The molecule has 1 aliphatic heterocycles. The second kappa shape index (κ2) is 8.12. The third-order valence-corrected chi connectivity index (χ3v) is 6.25. The van der Waals surface area contributed by atoms with E-state index in [4.69, 9.17) is 10.5 Å². The van der Waals surface area contributed by atoms with Crippen LogP contribution in [0.15, 0.2) is 43.0 Å². The molecule has 156 valence electrons. The fourth-order valence-electron chi connectivity index (χ4n) is 4.55. The number of rotatable bonds is 4. The van der Waals surface area contributed by atoms with Gasteiger partial charge in [-0.3, -0.25) is 9.97 Å². The molecule has 2 aliphatic rings. The van der Waals surface area contributed by atoms with Crippen molar-refractivity contribution in [1.82, 2.24) is 19.9 Å². The second-order valence-corrected chi connectivity index (χ2v) is 8.16. The molecule has 0 bridgehead atoms. The van der Waals surface area contributed by atoms with E-state index in [2.05, 4.69) is 42.3 Å². The molecule has 0 amide bonds. The van der Waals surface area contributed by atoms with Gasteiger partial charge in [0.05, 0.1) is 24.2 Å². The van der Waals surface area contributed by atoms with E-state index in [0.717, 1.165) is 74.3 Å². The van der Waals surface area contributed by atoms with Crippen molar-refractivity contribution in [1.29, 1.82) is 0 Å². The Bertz CT molecular complexity index is 999. The minimum atomic E-state index is -0.424. The van der Waals surface area contributed by atoms with Crippen LogP contribution >= 0.6 is 0 Å². The maximum absolute atomic E-state index is 7.03. The number of nitrogens with zero attached hydrogens (tertiary/aromatic N) is 5. The minimum Gasteiger partial charge on any atom is -0.378 e. The molecule has 2 fully saturated rings.